The Balaban J connectivity index is 1.72. The number of nitrogens with zero attached hydrogens (tertiary/aromatic N) is 2. The van der Waals surface area contributed by atoms with Gasteiger partial charge in [-0.15, -0.1) is 0 Å². The van der Waals surface area contributed by atoms with Gasteiger partial charge < -0.3 is 15.5 Å². The highest BCUT2D eigenvalue weighted by Crippen LogP contribution is 2.27. The van der Waals surface area contributed by atoms with Gasteiger partial charge in [-0.2, -0.15) is 0 Å². The summed E-state index contributed by atoms with van der Waals surface area (Å²) in [5, 5.41) is 21.7. The number of amides is 1. The summed E-state index contributed by atoms with van der Waals surface area (Å²) < 4.78 is 1.62. The van der Waals surface area contributed by atoms with Crippen LogP contribution in [-0.2, 0) is 11.3 Å². The number of carboxylic acids is 1. The molecule has 3 aromatic rings. The Hall–Kier alpha value is -4.47. The van der Waals surface area contributed by atoms with Gasteiger partial charge in [0.15, 0.2) is 11.3 Å². The van der Waals surface area contributed by atoms with Crippen molar-refractivity contribution in [3.05, 3.63) is 86.6 Å². The van der Waals surface area contributed by atoms with Crippen LogP contribution in [0.25, 0.3) is 11.1 Å². The number of carbonyl (C=O) groups excluding carboxylic acids is 2. The summed E-state index contributed by atoms with van der Waals surface area (Å²) in [5.74, 6) is -3.97. The molecule has 1 amide bonds. The van der Waals surface area contributed by atoms with E-state index < -0.39 is 59.5 Å². The standard InChI is InChI=1S/C27H27N3O7/c31-21(19-13-11-18(12-14-19)17-7-3-1-4-8-17)16-29-25(35)23(24(34)28-15-22(32)33)26(36)30(27(29)37)20-9-5-2-6-10-20/h1,3-4,7-8,11-14,20,35H,2,5-6,9-10,15-16H2,(H,28,34)(H,32,33). The largest absolute Gasteiger partial charge is 0.494 e. The topological polar surface area (TPSA) is 148 Å². The molecule has 10 nitrogen and oxygen atoms in total. The van der Waals surface area contributed by atoms with Gasteiger partial charge in [-0.3, -0.25) is 28.3 Å². The maximum Gasteiger partial charge on any atom is 0.334 e. The summed E-state index contributed by atoms with van der Waals surface area (Å²) in [5.41, 5.74) is -0.532. The van der Waals surface area contributed by atoms with Crippen molar-refractivity contribution in [3.63, 3.8) is 0 Å². The molecule has 1 aromatic heterocycles. The molecule has 1 fully saturated rings. The molecule has 37 heavy (non-hydrogen) atoms. The van der Waals surface area contributed by atoms with E-state index in [0.29, 0.717) is 17.4 Å². The van der Waals surface area contributed by atoms with Crippen LogP contribution >= 0.6 is 0 Å². The van der Waals surface area contributed by atoms with Gasteiger partial charge in [-0.25, -0.2) is 4.79 Å². The van der Waals surface area contributed by atoms with Crippen LogP contribution in [0.3, 0.4) is 0 Å². The quantitative estimate of drug-likeness (QED) is 0.399. The maximum absolute atomic E-state index is 13.3. The summed E-state index contributed by atoms with van der Waals surface area (Å²) in [7, 11) is 0. The zero-order chi connectivity index (χ0) is 26.5. The molecule has 0 radical (unpaired) electrons. The second-order valence-electron chi connectivity index (χ2n) is 8.98. The van der Waals surface area contributed by atoms with E-state index in [2.05, 4.69) is 5.32 Å². The Morgan fingerprint density at radius 1 is 0.892 bits per heavy atom. The Morgan fingerprint density at radius 2 is 1.51 bits per heavy atom. The van der Waals surface area contributed by atoms with Gasteiger partial charge in [0, 0.05) is 11.6 Å². The normalized spacial score (nSPS) is 13.7. The van der Waals surface area contributed by atoms with Crippen molar-refractivity contribution >= 4 is 17.7 Å². The van der Waals surface area contributed by atoms with Crippen molar-refractivity contribution in [1.82, 2.24) is 14.5 Å². The highest BCUT2D eigenvalue weighted by Gasteiger charge is 2.29. The molecular weight excluding hydrogens is 478 g/mol. The predicted octanol–water partition coefficient (Wildman–Crippen LogP) is 2.59. The number of aromatic hydroxyl groups is 1. The SMILES string of the molecule is O=C(O)CNC(=O)c1c(O)n(CC(=O)c2ccc(-c3ccccc3)cc2)c(=O)n(C2CCCCC2)c1=O. The zero-order valence-electron chi connectivity index (χ0n) is 20.1. The number of aliphatic carboxylic acids is 1. The van der Waals surface area contributed by atoms with Crippen LogP contribution in [-0.4, -0.2) is 43.6 Å². The van der Waals surface area contributed by atoms with Gasteiger partial charge in [-0.1, -0.05) is 73.9 Å². The third-order valence-electron chi connectivity index (χ3n) is 6.53. The van der Waals surface area contributed by atoms with Gasteiger partial charge in [0.2, 0.25) is 5.88 Å². The molecule has 0 bridgehead atoms. The molecule has 0 aliphatic heterocycles. The van der Waals surface area contributed by atoms with E-state index in [1.165, 1.54) is 0 Å². The minimum Gasteiger partial charge on any atom is -0.494 e. The van der Waals surface area contributed by atoms with Gasteiger partial charge in [0.1, 0.15) is 6.54 Å². The number of hydrogen-bond acceptors (Lipinski definition) is 6. The molecule has 0 saturated heterocycles. The minimum absolute atomic E-state index is 0.276. The summed E-state index contributed by atoms with van der Waals surface area (Å²) >= 11 is 0. The fourth-order valence-electron chi connectivity index (χ4n) is 4.62. The third kappa shape index (κ3) is 5.53. The van der Waals surface area contributed by atoms with E-state index in [4.69, 9.17) is 5.11 Å². The average Bonchev–Trinajstić information content (AvgIpc) is 2.91. The molecule has 4 rings (SSSR count). The molecule has 192 valence electrons. The monoisotopic (exact) mass is 505 g/mol. The maximum atomic E-state index is 13.3. The molecule has 1 saturated carbocycles. The van der Waals surface area contributed by atoms with Crippen LogP contribution < -0.4 is 16.6 Å². The number of rotatable bonds is 8. The van der Waals surface area contributed by atoms with E-state index in [1.807, 2.05) is 30.3 Å². The lowest BCUT2D eigenvalue weighted by Crippen LogP contribution is -2.47. The fourth-order valence-corrected chi connectivity index (χ4v) is 4.62. The van der Waals surface area contributed by atoms with Crippen LogP contribution in [0.1, 0.15) is 58.9 Å². The summed E-state index contributed by atoms with van der Waals surface area (Å²) in [4.78, 5) is 63.2. The number of Topliss-reactive ketones (excluding diaryl/α,β-unsaturated/α-hetero) is 1. The van der Waals surface area contributed by atoms with E-state index in [-0.39, 0.29) is 5.56 Å². The molecule has 1 aliphatic rings. The van der Waals surface area contributed by atoms with E-state index >= 15 is 0 Å². The highest BCUT2D eigenvalue weighted by atomic mass is 16.4. The van der Waals surface area contributed by atoms with Crippen LogP contribution in [0.4, 0.5) is 0 Å². The van der Waals surface area contributed by atoms with E-state index in [1.54, 1.807) is 24.3 Å². The summed E-state index contributed by atoms with van der Waals surface area (Å²) in [6.07, 6.45) is 3.58. The molecule has 0 atom stereocenters. The Labute approximate surface area is 211 Å². The lowest BCUT2D eigenvalue weighted by atomic mass is 9.95. The van der Waals surface area contributed by atoms with Crippen molar-refractivity contribution in [2.24, 2.45) is 0 Å². The Morgan fingerprint density at radius 3 is 2.14 bits per heavy atom. The first-order valence-electron chi connectivity index (χ1n) is 12.0. The zero-order valence-corrected chi connectivity index (χ0v) is 20.1. The lowest BCUT2D eigenvalue weighted by molar-refractivity contribution is -0.135. The van der Waals surface area contributed by atoms with E-state index in [0.717, 1.165) is 35.0 Å². The number of aromatic nitrogens is 2. The van der Waals surface area contributed by atoms with Gasteiger partial charge >= 0.3 is 11.7 Å². The van der Waals surface area contributed by atoms with Crippen molar-refractivity contribution in [2.45, 2.75) is 44.7 Å². The van der Waals surface area contributed by atoms with E-state index in [9.17, 15) is 29.1 Å². The van der Waals surface area contributed by atoms with Crippen molar-refractivity contribution in [1.29, 1.82) is 0 Å². The number of nitrogens with one attached hydrogen (secondary N) is 1. The molecule has 10 heteroatoms. The van der Waals surface area contributed by atoms with Gasteiger partial charge in [0.05, 0.1) is 6.54 Å². The summed E-state index contributed by atoms with van der Waals surface area (Å²) in [6.45, 7) is -1.39. The smallest absolute Gasteiger partial charge is 0.334 e. The highest BCUT2D eigenvalue weighted by molar-refractivity contribution is 5.98. The first kappa shape index (κ1) is 25.6. The molecular formula is C27H27N3O7. The van der Waals surface area contributed by atoms with Crippen LogP contribution in [0.5, 0.6) is 5.88 Å². The number of hydrogen-bond donors (Lipinski definition) is 3. The van der Waals surface area contributed by atoms with Gasteiger partial charge in [0.25, 0.3) is 11.5 Å². The predicted molar refractivity (Wildman–Crippen MR) is 135 cm³/mol. The number of benzene rings is 2. The van der Waals surface area contributed by atoms with Gasteiger partial charge in [-0.05, 0) is 24.0 Å². The molecule has 0 spiro atoms. The Kier molecular flexibility index (Phi) is 7.66. The number of carboxylic acid groups (broad SMARTS) is 1. The van der Waals surface area contributed by atoms with Crippen molar-refractivity contribution in [3.8, 4) is 17.0 Å². The molecule has 1 heterocycles. The second kappa shape index (κ2) is 11.1. The minimum atomic E-state index is -1.34. The average molecular weight is 506 g/mol. The van der Waals surface area contributed by atoms with Crippen LogP contribution in [0.15, 0.2) is 64.2 Å². The van der Waals surface area contributed by atoms with Crippen molar-refractivity contribution < 1.29 is 24.6 Å². The molecule has 3 N–H and O–H groups in total. The third-order valence-corrected chi connectivity index (χ3v) is 6.53. The second-order valence-corrected chi connectivity index (χ2v) is 8.98. The number of ketones is 1. The van der Waals surface area contributed by atoms with Crippen molar-refractivity contribution in [2.75, 3.05) is 6.54 Å². The summed E-state index contributed by atoms with van der Waals surface area (Å²) in [6, 6.07) is 15.8. The lowest BCUT2D eigenvalue weighted by Gasteiger charge is -2.25. The van der Waals surface area contributed by atoms with Crippen LogP contribution in [0, 0.1) is 0 Å². The first-order chi connectivity index (χ1) is 17.8. The number of carbonyl (C=O) groups is 3. The first-order valence-corrected chi connectivity index (χ1v) is 12.0. The molecule has 1 aliphatic carbocycles. The fraction of sp³-hybridized carbons (Fsp3) is 0.296. The molecule has 2 aromatic carbocycles. The van der Waals surface area contributed by atoms with Crippen LogP contribution in [0.2, 0.25) is 0 Å². The Bertz CT molecular complexity index is 1430. The molecule has 0 unspecified atom stereocenters.